The standard InChI is InChI=1S/C19H24N4O4/c24-17-16(14-20-7-9-22-10-12-27-13-11-22)18(25)23(19(26)21-17)8-6-15-4-2-1-3-5-15/h1-5,14,16H,6-13H2,(H,21,24,26)/p+1/t16-/m0/s1. The van der Waals surface area contributed by atoms with Gasteiger partial charge < -0.3 is 9.64 Å². The summed E-state index contributed by atoms with van der Waals surface area (Å²) in [6.45, 7) is 4.98. The smallest absolute Gasteiger partial charge is 0.330 e. The average molecular weight is 373 g/mol. The van der Waals surface area contributed by atoms with Gasteiger partial charge in [-0.15, -0.1) is 0 Å². The number of hydrogen-bond acceptors (Lipinski definition) is 5. The molecule has 0 spiro atoms. The van der Waals surface area contributed by atoms with E-state index in [9.17, 15) is 14.4 Å². The Bertz CT molecular complexity index is 701. The molecule has 8 nitrogen and oxygen atoms in total. The van der Waals surface area contributed by atoms with Gasteiger partial charge in [0.2, 0.25) is 11.8 Å². The lowest BCUT2D eigenvalue weighted by Gasteiger charge is -2.28. The molecule has 0 aliphatic carbocycles. The van der Waals surface area contributed by atoms with Gasteiger partial charge >= 0.3 is 6.03 Å². The monoisotopic (exact) mass is 373 g/mol. The highest BCUT2D eigenvalue weighted by molar-refractivity contribution is 6.23. The minimum absolute atomic E-state index is 0.226. The molecule has 1 atom stereocenters. The number of nitrogens with zero attached hydrogens (tertiary/aromatic N) is 2. The number of rotatable bonds is 7. The number of hydrogen-bond donors (Lipinski definition) is 2. The fraction of sp³-hybridized carbons (Fsp3) is 0.474. The van der Waals surface area contributed by atoms with Crippen LogP contribution >= 0.6 is 0 Å². The van der Waals surface area contributed by atoms with Crippen LogP contribution < -0.4 is 10.2 Å². The second kappa shape index (κ2) is 9.38. The van der Waals surface area contributed by atoms with Crippen LogP contribution in [0.15, 0.2) is 35.3 Å². The Kier molecular flexibility index (Phi) is 6.67. The molecule has 0 bridgehead atoms. The van der Waals surface area contributed by atoms with Crippen LogP contribution in [-0.2, 0) is 20.7 Å². The van der Waals surface area contributed by atoms with E-state index in [1.54, 1.807) is 0 Å². The molecule has 2 N–H and O–H groups in total. The van der Waals surface area contributed by atoms with Crippen molar-refractivity contribution in [2.24, 2.45) is 10.9 Å². The van der Waals surface area contributed by atoms with E-state index in [1.165, 1.54) is 11.1 Å². The fourth-order valence-electron chi connectivity index (χ4n) is 3.17. The zero-order valence-corrected chi connectivity index (χ0v) is 15.2. The average Bonchev–Trinajstić information content (AvgIpc) is 2.68. The molecule has 144 valence electrons. The molecule has 27 heavy (non-hydrogen) atoms. The van der Waals surface area contributed by atoms with Crippen molar-refractivity contribution < 1.29 is 24.0 Å². The molecule has 0 aromatic heterocycles. The van der Waals surface area contributed by atoms with E-state index in [0.29, 0.717) is 13.0 Å². The first kappa shape index (κ1) is 19.2. The van der Waals surface area contributed by atoms with Gasteiger partial charge in [0, 0.05) is 12.8 Å². The van der Waals surface area contributed by atoms with Crippen molar-refractivity contribution in [3.63, 3.8) is 0 Å². The Morgan fingerprint density at radius 2 is 1.93 bits per heavy atom. The Balaban J connectivity index is 1.54. The summed E-state index contributed by atoms with van der Waals surface area (Å²) in [5, 5.41) is 2.25. The number of urea groups is 1. The molecule has 0 unspecified atom stereocenters. The Hall–Kier alpha value is -2.58. The number of nitrogens with one attached hydrogen (secondary N) is 2. The summed E-state index contributed by atoms with van der Waals surface area (Å²) in [7, 11) is 0. The first-order valence-corrected chi connectivity index (χ1v) is 9.26. The number of aliphatic imine (C=N–C) groups is 1. The molecule has 2 aliphatic rings. The number of barbiturate groups is 1. The lowest BCUT2D eigenvalue weighted by atomic mass is 10.1. The van der Waals surface area contributed by atoms with Gasteiger partial charge in [0.25, 0.3) is 0 Å². The predicted molar refractivity (Wildman–Crippen MR) is 98.6 cm³/mol. The second-order valence-corrected chi connectivity index (χ2v) is 6.67. The van der Waals surface area contributed by atoms with Crippen LogP contribution in [0.5, 0.6) is 0 Å². The quantitative estimate of drug-likeness (QED) is 0.469. The summed E-state index contributed by atoms with van der Waals surface area (Å²) in [6.07, 6.45) is 1.91. The molecule has 0 radical (unpaired) electrons. The van der Waals surface area contributed by atoms with E-state index in [1.807, 2.05) is 30.3 Å². The van der Waals surface area contributed by atoms with Gasteiger partial charge in [0.15, 0.2) is 5.92 Å². The second-order valence-electron chi connectivity index (χ2n) is 6.67. The van der Waals surface area contributed by atoms with Crippen molar-refractivity contribution in [1.82, 2.24) is 10.2 Å². The van der Waals surface area contributed by atoms with Crippen molar-refractivity contribution in [3.8, 4) is 0 Å². The third-order valence-corrected chi connectivity index (χ3v) is 4.81. The summed E-state index contributed by atoms with van der Waals surface area (Å²) >= 11 is 0. The number of morpholine rings is 1. The van der Waals surface area contributed by atoms with Gasteiger partial charge in [-0.25, -0.2) is 4.79 Å². The zero-order valence-electron chi connectivity index (χ0n) is 15.2. The van der Waals surface area contributed by atoms with Gasteiger partial charge in [-0.2, -0.15) is 0 Å². The number of benzene rings is 1. The van der Waals surface area contributed by atoms with Crippen molar-refractivity contribution in [1.29, 1.82) is 0 Å². The van der Waals surface area contributed by atoms with Gasteiger partial charge in [0.1, 0.15) is 13.1 Å². The van der Waals surface area contributed by atoms with Gasteiger partial charge in [-0.3, -0.25) is 24.8 Å². The van der Waals surface area contributed by atoms with Crippen molar-refractivity contribution in [3.05, 3.63) is 35.9 Å². The zero-order chi connectivity index (χ0) is 19.1. The molecular formula is C19H25N4O4+. The normalized spacial score (nSPS) is 21.7. The van der Waals surface area contributed by atoms with Crippen LogP contribution in [0, 0.1) is 5.92 Å². The van der Waals surface area contributed by atoms with Gasteiger partial charge in [0.05, 0.1) is 26.3 Å². The summed E-state index contributed by atoms with van der Waals surface area (Å²) in [5.74, 6) is -2.16. The van der Waals surface area contributed by atoms with Crippen LogP contribution in [0.2, 0.25) is 0 Å². The summed E-state index contributed by atoms with van der Waals surface area (Å²) in [4.78, 5) is 43.4. The molecule has 2 heterocycles. The summed E-state index contributed by atoms with van der Waals surface area (Å²) in [6, 6.07) is 8.93. The Morgan fingerprint density at radius 1 is 1.19 bits per heavy atom. The van der Waals surface area contributed by atoms with E-state index in [4.69, 9.17) is 4.74 Å². The van der Waals surface area contributed by atoms with Gasteiger partial charge in [-0.05, 0) is 12.0 Å². The number of amides is 4. The maximum Gasteiger partial charge on any atom is 0.330 e. The molecule has 3 rings (SSSR count). The highest BCUT2D eigenvalue weighted by Crippen LogP contribution is 2.11. The molecule has 2 saturated heterocycles. The number of quaternary nitrogens is 1. The number of imide groups is 2. The van der Waals surface area contributed by atoms with Gasteiger partial charge in [-0.1, -0.05) is 30.3 Å². The molecule has 2 fully saturated rings. The first-order chi connectivity index (χ1) is 13.1. The summed E-state index contributed by atoms with van der Waals surface area (Å²) in [5.41, 5.74) is 1.02. The topological polar surface area (TPSA) is 92.5 Å². The Labute approximate surface area is 158 Å². The maximum absolute atomic E-state index is 12.6. The van der Waals surface area contributed by atoms with Crippen molar-refractivity contribution in [2.75, 3.05) is 45.9 Å². The van der Waals surface area contributed by atoms with E-state index < -0.39 is 23.8 Å². The van der Waals surface area contributed by atoms with Crippen LogP contribution in [0.25, 0.3) is 0 Å². The van der Waals surface area contributed by atoms with E-state index >= 15 is 0 Å². The highest BCUT2D eigenvalue weighted by Gasteiger charge is 2.39. The lowest BCUT2D eigenvalue weighted by molar-refractivity contribution is -0.906. The maximum atomic E-state index is 12.6. The lowest BCUT2D eigenvalue weighted by Crippen LogP contribution is -3.14. The number of ether oxygens (including phenoxy) is 1. The third kappa shape index (κ3) is 5.21. The van der Waals surface area contributed by atoms with E-state index in [0.717, 1.165) is 43.3 Å². The van der Waals surface area contributed by atoms with Crippen molar-refractivity contribution >= 4 is 24.1 Å². The third-order valence-electron chi connectivity index (χ3n) is 4.81. The van der Waals surface area contributed by atoms with E-state index in [2.05, 4.69) is 10.3 Å². The molecular weight excluding hydrogens is 348 g/mol. The Morgan fingerprint density at radius 3 is 2.67 bits per heavy atom. The van der Waals surface area contributed by atoms with Crippen LogP contribution in [0.3, 0.4) is 0 Å². The largest absolute Gasteiger partial charge is 0.370 e. The molecule has 8 heteroatoms. The number of carbonyl (C=O) groups excluding carboxylic acids is 3. The fourth-order valence-corrected chi connectivity index (χ4v) is 3.17. The predicted octanol–water partition coefficient (Wildman–Crippen LogP) is -1.09. The van der Waals surface area contributed by atoms with Crippen LogP contribution in [0.1, 0.15) is 5.56 Å². The van der Waals surface area contributed by atoms with Crippen LogP contribution in [-0.4, -0.2) is 74.9 Å². The first-order valence-electron chi connectivity index (χ1n) is 9.26. The van der Waals surface area contributed by atoms with Crippen LogP contribution in [0.4, 0.5) is 4.79 Å². The van der Waals surface area contributed by atoms with E-state index in [-0.39, 0.29) is 6.54 Å². The molecule has 4 amide bonds. The highest BCUT2D eigenvalue weighted by atomic mass is 16.5. The molecule has 2 aliphatic heterocycles. The number of carbonyl (C=O) groups is 3. The minimum atomic E-state index is -1.04. The minimum Gasteiger partial charge on any atom is -0.370 e. The molecule has 0 saturated carbocycles. The van der Waals surface area contributed by atoms with Crippen molar-refractivity contribution in [2.45, 2.75) is 6.42 Å². The summed E-state index contributed by atoms with van der Waals surface area (Å²) < 4.78 is 5.31. The molecule has 1 aromatic carbocycles. The SMILES string of the molecule is O=C1NC(=O)N(CCc2ccccc2)C(=O)[C@H]1C=NCC[NH+]1CCOCC1. The molecule has 1 aromatic rings.